The molecule has 0 unspecified atom stereocenters. The average molecular weight is 419 g/mol. The van der Waals surface area contributed by atoms with Gasteiger partial charge in [0.2, 0.25) is 11.8 Å². The van der Waals surface area contributed by atoms with Crippen LogP contribution in [0.4, 0.5) is 11.6 Å². The molecule has 1 amide bonds. The molecule has 2 aromatic carbocycles. The van der Waals surface area contributed by atoms with Crippen molar-refractivity contribution in [2.24, 2.45) is 0 Å². The molecule has 0 aliphatic heterocycles. The van der Waals surface area contributed by atoms with Gasteiger partial charge in [0.05, 0.1) is 5.56 Å². The Morgan fingerprint density at radius 1 is 1.10 bits per heavy atom. The molecule has 0 fully saturated rings. The summed E-state index contributed by atoms with van der Waals surface area (Å²) in [4.78, 5) is 20.7. The molecular formula is C23H22N4O2S. The van der Waals surface area contributed by atoms with Crippen molar-refractivity contribution in [3.8, 4) is 11.6 Å². The van der Waals surface area contributed by atoms with E-state index in [1.165, 1.54) is 23.1 Å². The average Bonchev–Trinajstić information content (AvgIpc) is 3.11. The lowest BCUT2D eigenvalue weighted by atomic mass is 9.87. The van der Waals surface area contributed by atoms with Crippen LogP contribution in [0.25, 0.3) is 10.1 Å². The van der Waals surface area contributed by atoms with E-state index in [4.69, 9.17) is 10.5 Å². The van der Waals surface area contributed by atoms with E-state index in [9.17, 15) is 4.79 Å². The van der Waals surface area contributed by atoms with Gasteiger partial charge >= 0.3 is 0 Å². The van der Waals surface area contributed by atoms with E-state index in [0.717, 1.165) is 15.8 Å². The molecule has 3 N–H and O–H groups in total. The van der Waals surface area contributed by atoms with E-state index in [2.05, 4.69) is 36.1 Å². The van der Waals surface area contributed by atoms with Gasteiger partial charge in [-0.3, -0.25) is 4.79 Å². The number of hydrogen-bond donors (Lipinski definition) is 2. The van der Waals surface area contributed by atoms with Crippen LogP contribution in [0.3, 0.4) is 0 Å². The van der Waals surface area contributed by atoms with Crippen molar-refractivity contribution in [3.05, 3.63) is 71.2 Å². The van der Waals surface area contributed by atoms with Gasteiger partial charge in [0, 0.05) is 33.4 Å². The van der Waals surface area contributed by atoms with Crippen LogP contribution < -0.4 is 15.8 Å². The molecule has 0 saturated heterocycles. The van der Waals surface area contributed by atoms with Crippen LogP contribution in [0.5, 0.6) is 11.6 Å². The van der Waals surface area contributed by atoms with Gasteiger partial charge in [0.1, 0.15) is 5.75 Å². The lowest BCUT2D eigenvalue weighted by molar-refractivity contribution is 0.102. The van der Waals surface area contributed by atoms with Crippen molar-refractivity contribution in [1.29, 1.82) is 0 Å². The molecule has 2 heterocycles. The van der Waals surface area contributed by atoms with Crippen LogP contribution in [-0.2, 0) is 5.41 Å². The van der Waals surface area contributed by atoms with Gasteiger partial charge in [-0.15, -0.1) is 11.3 Å². The summed E-state index contributed by atoms with van der Waals surface area (Å²) < 4.78 is 6.69. The third-order valence-electron chi connectivity index (χ3n) is 4.67. The third-order valence-corrected chi connectivity index (χ3v) is 5.62. The highest BCUT2D eigenvalue weighted by Crippen LogP contribution is 2.32. The number of nitrogens with one attached hydrogen (secondary N) is 1. The third kappa shape index (κ3) is 4.26. The molecule has 0 radical (unpaired) electrons. The molecule has 0 aliphatic carbocycles. The molecule has 152 valence electrons. The zero-order valence-corrected chi connectivity index (χ0v) is 17.8. The monoisotopic (exact) mass is 418 g/mol. The van der Waals surface area contributed by atoms with Crippen LogP contribution in [0, 0.1) is 0 Å². The summed E-state index contributed by atoms with van der Waals surface area (Å²) in [5.41, 5.74) is 8.29. The van der Waals surface area contributed by atoms with Crippen molar-refractivity contribution in [3.63, 3.8) is 0 Å². The Labute approximate surface area is 178 Å². The van der Waals surface area contributed by atoms with Gasteiger partial charge in [0.25, 0.3) is 5.91 Å². The number of carbonyl (C=O) groups excluding carboxylic acids is 1. The van der Waals surface area contributed by atoms with Crippen molar-refractivity contribution in [2.45, 2.75) is 26.2 Å². The van der Waals surface area contributed by atoms with E-state index in [1.807, 2.05) is 47.8 Å². The highest BCUT2D eigenvalue weighted by Gasteiger charge is 2.16. The number of ether oxygens (including phenoxy) is 1. The van der Waals surface area contributed by atoms with Crippen LogP contribution in [0.2, 0.25) is 0 Å². The van der Waals surface area contributed by atoms with Gasteiger partial charge in [0.15, 0.2) is 0 Å². The summed E-state index contributed by atoms with van der Waals surface area (Å²) in [6.07, 6.45) is 1.54. The topological polar surface area (TPSA) is 90.1 Å². The van der Waals surface area contributed by atoms with Crippen LogP contribution >= 0.6 is 11.3 Å². The number of anilines is 2. The van der Waals surface area contributed by atoms with Gasteiger partial charge in [-0.25, -0.2) is 4.98 Å². The molecule has 4 rings (SSSR count). The standard InChI is InChI=1S/C23H22N4O2S/c1-23(2,3)14-4-6-15(7-5-14)26-21(28)18-13-30-19-12-16(8-9-17(18)19)29-20-10-11-25-22(24)27-20/h4-13H,1-3H3,(H,26,28)(H2,24,25,27). The molecule has 2 aromatic heterocycles. The van der Waals surface area contributed by atoms with Gasteiger partial charge in [-0.1, -0.05) is 32.9 Å². The lowest BCUT2D eigenvalue weighted by Crippen LogP contribution is -2.13. The zero-order valence-electron chi connectivity index (χ0n) is 17.0. The number of carbonyl (C=O) groups is 1. The molecule has 0 spiro atoms. The number of fused-ring (bicyclic) bond motifs is 1. The van der Waals surface area contributed by atoms with Crippen molar-refractivity contribution in [2.75, 3.05) is 11.1 Å². The summed E-state index contributed by atoms with van der Waals surface area (Å²) in [6.45, 7) is 6.49. The number of thiophene rings is 1. The Morgan fingerprint density at radius 2 is 1.87 bits per heavy atom. The smallest absolute Gasteiger partial charge is 0.257 e. The Morgan fingerprint density at radius 3 is 2.57 bits per heavy atom. The number of benzene rings is 2. The normalized spacial score (nSPS) is 11.4. The number of nitrogen functional groups attached to an aromatic ring is 1. The quantitative estimate of drug-likeness (QED) is 0.449. The molecule has 7 heteroatoms. The lowest BCUT2D eigenvalue weighted by Gasteiger charge is -2.19. The second-order valence-corrected chi connectivity index (χ2v) is 8.86. The first-order valence-corrected chi connectivity index (χ1v) is 10.4. The van der Waals surface area contributed by atoms with Crippen LogP contribution in [0.15, 0.2) is 60.1 Å². The minimum absolute atomic E-state index is 0.0728. The Hall–Kier alpha value is -3.45. The number of aromatic nitrogens is 2. The van der Waals surface area contributed by atoms with Gasteiger partial charge < -0.3 is 15.8 Å². The Balaban J connectivity index is 1.52. The molecule has 6 nitrogen and oxygen atoms in total. The SMILES string of the molecule is CC(C)(C)c1ccc(NC(=O)c2csc3cc(Oc4ccnc(N)n4)ccc23)cc1. The van der Waals surface area contributed by atoms with E-state index in [1.54, 1.807) is 6.07 Å². The van der Waals surface area contributed by atoms with Crippen LogP contribution in [0.1, 0.15) is 36.7 Å². The maximum Gasteiger partial charge on any atom is 0.257 e. The summed E-state index contributed by atoms with van der Waals surface area (Å²) in [6, 6.07) is 15.2. The zero-order chi connectivity index (χ0) is 21.3. The first-order chi connectivity index (χ1) is 14.3. The van der Waals surface area contributed by atoms with Gasteiger partial charge in [-0.05, 0) is 41.3 Å². The largest absolute Gasteiger partial charge is 0.439 e. The number of nitrogens with zero attached hydrogens (tertiary/aromatic N) is 2. The van der Waals surface area contributed by atoms with E-state index < -0.39 is 0 Å². The number of amides is 1. The van der Waals surface area contributed by atoms with Crippen molar-refractivity contribution >= 4 is 39.0 Å². The predicted molar refractivity (Wildman–Crippen MR) is 121 cm³/mol. The fourth-order valence-electron chi connectivity index (χ4n) is 3.03. The minimum Gasteiger partial charge on any atom is -0.439 e. The first kappa shape index (κ1) is 19.8. The fraction of sp³-hybridized carbons (Fsp3) is 0.174. The van der Waals surface area contributed by atoms with E-state index >= 15 is 0 Å². The van der Waals surface area contributed by atoms with Crippen molar-refractivity contribution in [1.82, 2.24) is 9.97 Å². The summed E-state index contributed by atoms with van der Waals surface area (Å²) in [7, 11) is 0. The van der Waals surface area contributed by atoms with E-state index in [-0.39, 0.29) is 17.3 Å². The highest BCUT2D eigenvalue weighted by atomic mass is 32.1. The predicted octanol–water partition coefficient (Wildman–Crippen LogP) is 5.62. The molecule has 0 bridgehead atoms. The molecule has 4 aromatic rings. The summed E-state index contributed by atoms with van der Waals surface area (Å²) >= 11 is 1.49. The second-order valence-electron chi connectivity index (χ2n) is 7.94. The molecular weight excluding hydrogens is 396 g/mol. The fourth-order valence-corrected chi connectivity index (χ4v) is 4.00. The minimum atomic E-state index is -0.137. The summed E-state index contributed by atoms with van der Waals surface area (Å²) in [5.74, 6) is 1.00. The second kappa shape index (κ2) is 7.76. The molecule has 30 heavy (non-hydrogen) atoms. The number of hydrogen-bond acceptors (Lipinski definition) is 6. The maximum atomic E-state index is 12.8. The van der Waals surface area contributed by atoms with Crippen LogP contribution in [-0.4, -0.2) is 15.9 Å². The first-order valence-electron chi connectivity index (χ1n) is 9.49. The molecule has 0 saturated carbocycles. The van der Waals surface area contributed by atoms with E-state index in [0.29, 0.717) is 17.2 Å². The molecule has 0 atom stereocenters. The number of rotatable bonds is 4. The number of nitrogens with two attached hydrogens (primary N) is 1. The maximum absolute atomic E-state index is 12.8. The summed E-state index contributed by atoms with van der Waals surface area (Å²) in [5, 5.41) is 5.71. The molecule has 0 aliphatic rings. The van der Waals surface area contributed by atoms with Gasteiger partial charge in [-0.2, -0.15) is 4.98 Å². The van der Waals surface area contributed by atoms with Crippen molar-refractivity contribution < 1.29 is 9.53 Å². The Bertz CT molecular complexity index is 1210. The Kier molecular flexibility index (Phi) is 5.13. The highest BCUT2D eigenvalue weighted by molar-refractivity contribution is 7.17.